The largest absolute Gasteiger partial charge is 0.497 e. The maximum atomic E-state index is 14.8. The third-order valence-electron chi connectivity index (χ3n) is 6.90. The van der Waals surface area contributed by atoms with Crippen molar-refractivity contribution in [1.29, 1.82) is 0 Å². The van der Waals surface area contributed by atoms with Crippen LogP contribution in [-0.2, 0) is 4.79 Å². The molecule has 6 nitrogen and oxygen atoms in total. The summed E-state index contributed by atoms with van der Waals surface area (Å²) in [5.41, 5.74) is 7.33. The van der Waals surface area contributed by atoms with E-state index < -0.39 is 35.4 Å². The smallest absolute Gasteiger partial charge is 0.308 e. The van der Waals surface area contributed by atoms with Crippen molar-refractivity contribution in [2.75, 3.05) is 26.7 Å². The van der Waals surface area contributed by atoms with E-state index in [0.29, 0.717) is 48.0 Å². The van der Waals surface area contributed by atoms with Gasteiger partial charge in [0, 0.05) is 23.5 Å². The van der Waals surface area contributed by atoms with Crippen molar-refractivity contribution in [3.05, 3.63) is 71.2 Å². The number of benzene rings is 2. The van der Waals surface area contributed by atoms with E-state index in [1.165, 1.54) is 7.11 Å². The maximum absolute atomic E-state index is 14.8. The highest BCUT2D eigenvalue weighted by molar-refractivity contribution is 5.84. The van der Waals surface area contributed by atoms with Crippen LogP contribution >= 0.6 is 0 Å². The van der Waals surface area contributed by atoms with Gasteiger partial charge in [0.15, 0.2) is 0 Å². The maximum Gasteiger partial charge on any atom is 0.308 e. The van der Waals surface area contributed by atoms with Gasteiger partial charge in [0.05, 0.1) is 36.8 Å². The molecule has 4 rings (SSSR count). The van der Waals surface area contributed by atoms with Gasteiger partial charge in [-0.1, -0.05) is 11.8 Å². The summed E-state index contributed by atoms with van der Waals surface area (Å²) in [6.07, 6.45) is 2.67. The highest BCUT2D eigenvalue weighted by atomic mass is 19.1. The van der Waals surface area contributed by atoms with Gasteiger partial charge in [0.25, 0.3) is 0 Å². The number of aliphatic carboxylic acids is 1. The van der Waals surface area contributed by atoms with Gasteiger partial charge in [-0.3, -0.25) is 14.7 Å². The number of hydrogen-bond donors (Lipinski definition) is 2. The van der Waals surface area contributed by atoms with Gasteiger partial charge in [0.1, 0.15) is 23.2 Å². The van der Waals surface area contributed by atoms with E-state index in [9.17, 15) is 23.1 Å². The molecule has 9 heteroatoms. The van der Waals surface area contributed by atoms with Crippen molar-refractivity contribution >= 4 is 16.9 Å². The second-order valence-electron chi connectivity index (χ2n) is 9.24. The first kappa shape index (κ1) is 26.5. The zero-order valence-electron chi connectivity index (χ0n) is 20.4. The SMILES string of the molecule is COc1ccc2ncc(F)c([C@@H](N)CC[C@H]3CCN(CC#Cc4cc(F)ccc4F)C[C@H]3C(=O)O)c2c1. The number of ether oxygens (including phenoxy) is 1. The number of fused-ring (bicyclic) bond motifs is 1. The normalized spacial score (nSPS) is 18.7. The van der Waals surface area contributed by atoms with Gasteiger partial charge < -0.3 is 15.6 Å². The molecule has 1 aromatic heterocycles. The summed E-state index contributed by atoms with van der Waals surface area (Å²) in [4.78, 5) is 18.1. The van der Waals surface area contributed by atoms with E-state index in [0.717, 1.165) is 24.4 Å². The molecule has 0 amide bonds. The molecule has 3 aromatic rings. The minimum absolute atomic E-state index is 0.0350. The number of hydrogen-bond acceptors (Lipinski definition) is 5. The van der Waals surface area contributed by atoms with E-state index in [1.54, 1.807) is 18.2 Å². The fourth-order valence-corrected chi connectivity index (χ4v) is 4.89. The molecule has 1 aliphatic rings. The third kappa shape index (κ3) is 6.21. The molecule has 1 aliphatic heterocycles. The first-order chi connectivity index (χ1) is 17.8. The Bertz CT molecular complexity index is 1350. The fraction of sp³-hybridized carbons (Fsp3) is 0.357. The number of nitrogens with zero attached hydrogens (tertiary/aromatic N) is 2. The summed E-state index contributed by atoms with van der Waals surface area (Å²) in [7, 11) is 1.53. The molecular weight excluding hydrogens is 483 g/mol. The molecule has 2 heterocycles. The first-order valence-corrected chi connectivity index (χ1v) is 12.0. The quantitative estimate of drug-likeness (QED) is 0.454. The summed E-state index contributed by atoms with van der Waals surface area (Å²) in [5, 5.41) is 10.4. The van der Waals surface area contributed by atoms with Crippen LogP contribution in [0, 0.1) is 41.1 Å². The Labute approximate surface area is 213 Å². The molecule has 1 fully saturated rings. The van der Waals surface area contributed by atoms with Gasteiger partial charge >= 0.3 is 5.97 Å². The average Bonchev–Trinajstić information content (AvgIpc) is 2.89. The van der Waals surface area contributed by atoms with E-state index in [1.807, 2.05) is 4.90 Å². The lowest BCUT2D eigenvalue weighted by Crippen LogP contribution is -2.44. The van der Waals surface area contributed by atoms with Crippen molar-refractivity contribution in [1.82, 2.24) is 9.88 Å². The lowest BCUT2D eigenvalue weighted by Gasteiger charge is -2.36. The second kappa shape index (κ2) is 11.6. The van der Waals surface area contributed by atoms with E-state index in [-0.39, 0.29) is 24.6 Å². The van der Waals surface area contributed by atoms with Gasteiger partial charge in [-0.2, -0.15) is 0 Å². The third-order valence-corrected chi connectivity index (χ3v) is 6.90. The lowest BCUT2D eigenvalue weighted by molar-refractivity contribution is -0.146. The monoisotopic (exact) mass is 511 g/mol. The van der Waals surface area contributed by atoms with Gasteiger partial charge in [-0.25, -0.2) is 13.2 Å². The van der Waals surface area contributed by atoms with Gasteiger partial charge in [-0.05, 0) is 68.1 Å². The number of rotatable bonds is 7. The van der Waals surface area contributed by atoms with Crippen LogP contribution < -0.4 is 10.5 Å². The number of nitrogens with two attached hydrogens (primary N) is 1. The summed E-state index contributed by atoms with van der Waals surface area (Å²) >= 11 is 0. The molecular formula is C28H28F3N3O3. The topological polar surface area (TPSA) is 88.7 Å². The Hall–Kier alpha value is -3.61. The van der Waals surface area contributed by atoms with E-state index >= 15 is 0 Å². The number of piperidine rings is 1. The molecule has 3 atom stereocenters. The zero-order valence-corrected chi connectivity index (χ0v) is 20.4. The number of halogens is 3. The molecule has 2 aromatic carbocycles. The van der Waals surface area contributed by atoms with Crippen molar-refractivity contribution in [2.45, 2.75) is 25.3 Å². The van der Waals surface area contributed by atoms with Crippen LogP contribution in [0.1, 0.15) is 36.4 Å². The first-order valence-electron chi connectivity index (χ1n) is 12.0. The van der Waals surface area contributed by atoms with Crippen LogP contribution in [0.2, 0.25) is 0 Å². The Kier molecular flexibility index (Phi) is 8.31. The molecule has 0 saturated carbocycles. The molecule has 1 saturated heterocycles. The van der Waals surface area contributed by atoms with Crippen LogP contribution in [0.25, 0.3) is 10.9 Å². The second-order valence-corrected chi connectivity index (χ2v) is 9.24. The number of carbonyl (C=O) groups is 1. The molecule has 0 bridgehead atoms. The highest BCUT2D eigenvalue weighted by Gasteiger charge is 2.34. The molecule has 0 aliphatic carbocycles. The highest BCUT2D eigenvalue weighted by Crippen LogP contribution is 2.34. The molecule has 3 N–H and O–H groups in total. The average molecular weight is 512 g/mol. The number of pyridine rings is 1. The standard InChI is InChI=1S/C28H28F3N3O3/c1-37-20-6-9-26-21(14-20)27(24(31)15-33-26)25(32)8-4-17-10-12-34(16-22(17)28(35)36)11-2-3-18-13-19(29)5-7-23(18)30/h5-7,9,13-15,17,22,25H,4,8,10-12,16,32H2,1H3,(H,35,36)/t17-,22+,25-/m0/s1. The number of carboxylic acids is 1. The Morgan fingerprint density at radius 1 is 1.24 bits per heavy atom. The van der Waals surface area contributed by atoms with Crippen molar-refractivity contribution in [3.63, 3.8) is 0 Å². The Morgan fingerprint density at radius 2 is 2.05 bits per heavy atom. The number of carboxylic acid groups (broad SMARTS) is 1. The van der Waals surface area contributed by atoms with Gasteiger partial charge in [-0.15, -0.1) is 0 Å². The van der Waals surface area contributed by atoms with Crippen LogP contribution in [0.3, 0.4) is 0 Å². The lowest BCUT2D eigenvalue weighted by atomic mass is 9.81. The summed E-state index contributed by atoms with van der Waals surface area (Å²) < 4.78 is 47.1. The molecule has 194 valence electrons. The molecule has 0 spiro atoms. The minimum atomic E-state index is -0.919. The molecule has 0 radical (unpaired) electrons. The predicted octanol–water partition coefficient (Wildman–Crippen LogP) is 4.52. The summed E-state index contributed by atoms with van der Waals surface area (Å²) in [6.45, 7) is 1.12. The molecule has 37 heavy (non-hydrogen) atoms. The minimum Gasteiger partial charge on any atom is -0.497 e. The summed E-state index contributed by atoms with van der Waals surface area (Å²) in [5.74, 6) is 2.61. The van der Waals surface area contributed by atoms with Crippen LogP contribution in [0.4, 0.5) is 13.2 Å². The predicted molar refractivity (Wildman–Crippen MR) is 133 cm³/mol. The van der Waals surface area contributed by atoms with Crippen LogP contribution in [0.5, 0.6) is 5.75 Å². The number of methoxy groups -OCH3 is 1. The fourth-order valence-electron chi connectivity index (χ4n) is 4.89. The number of aromatic nitrogens is 1. The van der Waals surface area contributed by atoms with Crippen molar-refractivity contribution in [2.24, 2.45) is 17.6 Å². The zero-order chi connectivity index (χ0) is 26.5. The van der Waals surface area contributed by atoms with Crippen molar-refractivity contribution in [3.8, 4) is 17.6 Å². The molecule has 0 unspecified atom stereocenters. The van der Waals surface area contributed by atoms with Crippen LogP contribution in [0.15, 0.2) is 42.6 Å². The van der Waals surface area contributed by atoms with Gasteiger partial charge in [0.2, 0.25) is 0 Å². The summed E-state index contributed by atoms with van der Waals surface area (Å²) in [6, 6.07) is 7.62. The van der Waals surface area contributed by atoms with Crippen LogP contribution in [-0.4, -0.2) is 47.7 Å². The number of likely N-dealkylation sites (tertiary alicyclic amines) is 1. The Morgan fingerprint density at radius 3 is 2.81 bits per heavy atom. The Balaban J connectivity index is 1.41. The van der Waals surface area contributed by atoms with Crippen molar-refractivity contribution < 1.29 is 27.8 Å². The van der Waals surface area contributed by atoms with E-state index in [4.69, 9.17) is 10.5 Å². The van der Waals surface area contributed by atoms with E-state index in [2.05, 4.69) is 16.8 Å².